The van der Waals surface area contributed by atoms with E-state index in [0.717, 1.165) is 22.8 Å². The van der Waals surface area contributed by atoms with Crippen LogP contribution < -0.4 is 14.9 Å². The third kappa shape index (κ3) is 4.64. The molecule has 0 aliphatic heterocycles. The number of ether oxygens (including phenoxy) is 2. The molecule has 1 N–H and O–H groups in total. The molecule has 0 fully saturated rings. The number of carbonyl (C=O) groups excluding carboxylic acids is 1. The molecule has 138 valence electrons. The first-order valence-electron chi connectivity index (χ1n) is 8.80. The fraction of sp³-hybridized carbons (Fsp3) is 0.182. The second kappa shape index (κ2) is 8.85. The fourth-order valence-electron chi connectivity index (χ4n) is 2.76. The molecule has 5 nitrogen and oxygen atoms in total. The number of carbonyl (C=O) groups is 1. The summed E-state index contributed by atoms with van der Waals surface area (Å²) in [5, 5.41) is 6.13. The number of fused-ring (bicyclic) bond motifs is 1. The number of hydrogen-bond acceptors (Lipinski definition) is 4. The highest BCUT2D eigenvalue weighted by molar-refractivity contribution is 6.02. The Morgan fingerprint density at radius 2 is 1.85 bits per heavy atom. The number of methoxy groups -OCH3 is 1. The Labute approximate surface area is 158 Å². The van der Waals surface area contributed by atoms with Crippen LogP contribution in [0.4, 0.5) is 0 Å². The first-order valence-corrected chi connectivity index (χ1v) is 8.80. The summed E-state index contributed by atoms with van der Waals surface area (Å²) in [6.45, 7) is 1.99. The highest BCUT2D eigenvalue weighted by atomic mass is 16.5. The van der Waals surface area contributed by atoms with Gasteiger partial charge in [-0.3, -0.25) is 4.79 Å². The Kier molecular flexibility index (Phi) is 6.05. The lowest BCUT2D eigenvalue weighted by atomic mass is 10.0. The maximum absolute atomic E-state index is 12.0. The van der Waals surface area contributed by atoms with Crippen LogP contribution in [0.2, 0.25) is 0 Å². The van der Waals surface area contributed by atoms with Crippen LogP contribution in [0.5, 0.6) is 11.5 Å². The van der Waals surface area contributed by atoms with Crippen molar-refractivity contribution in [2.75, 3.05) is 13.7 Å². The molecule has 3 aromatic carbocycles. The maximum atomic E-state index is 12.0. The van der Waals surface area contributed by atoms with Crippen molar-refractivity contribution in [3.05, 3.63) is 71.8 Å². The molecule has 0 atom stereocenters. The summed E-state index contributed by atoms with van der Waals surface area (Å²) >= 11 is 0. The van der Waals surface area contributed by atoms with Crippen molar-refractivity contribution < 1.29 is 14.3 Å². The second-order valence-electron chi connectivity index (χ2n) is 5.98. The zero-order valence-corrected chi connectivity index (χ0v) is 15.4. The smallest absolute Gasteiger partial charge is 0.277 e. The third-order valence-electron chi connectivity index (χ3n) is 4.24. The average molecular weight is 362 g/mol. The zero-order chi connectivity index (χ0) is 19.1. The van der Waals surface area contributed by atoms with E-state index < -0.39 is 0 Å². The summed E-state index contributed by atoms with van der Waals surface area (Å²) < 4.78 is 10.9. The molecular formula is C22H22N2O3. The van der Waals surface area contributed by atoms with Crippen LogP contribution in [-0.2, 0) is 11.2 Å². The number of amides is 1. The number of hydrogen-bond donors (Lipinski definition) is 1. The molecule has 3 rings (SSSR count). The van der Waals surface area contributed by atoms with Crippen LogP contribution in [0, 0.1) is 0 Å². The molecule has 0 radical (unpaired) electrons. The van der Waals surface area contributed by atoms with E-state index in [2.05, 4.69) is 17.5 Å². The lowest BCUT2D eigenvalue weighted by Crippen LogP contribution is -2.24. The van der Waals surface area contributed by atoms with E-state index in [0.29, 0.717) is 11.5 Å². The highest BCUT2D eigenvalue weighted by Crippen LogP contribution is 2.26. The summed E-state index contributed by atoms with van der Waals surface area (Å²) in [6.07, 6.45) is 2.56. The van der Waals surface area contributed by atoms with Gasteiger partial charge in [0, 0.05) is 5.56 Å². The molecule has 0 unspecified atom stereocenters. The van der Waals surface area contributed by atoms with Gasteiger partial charge in [-0.2, -0.15) is 5.10 Å². The van der Waals surface area contributed by atoms with Gasteiger partial charge in [-0.05, 0) is 41.0 Å². The normalized spacial score (nSPS) is 10.9. The molecule has 0 aliphatic rings. The van der Waals surface area contributed by atoms with Crippen molar-refractivity contribution in [3.8, 4) is 11.5 Å². The van der Waals surface area contributed by atoms with Gasteiger partial charge in [0.15, 0.2) is 6.61 Å². The topological polar surface area (TPSA) is 59.9 Å². The first kappa shape index (κ1) is 18.5. The van der Waals surface area contributed by atoms with E-state index in [9.17, 15) is 4.79 Å². The second-order valence-corrected chi connectivity index (χ2v) is 5.98. The minimum Gasteiger partial charge on any atom is -0.496 e. The summed E-state index contributed by atoms with van der Waals surface area (Å²) in [5.41, 5.74) is 4.52. The predicted octanol–water partition coefficient (Wildman–Crippen LogP) is 3.94. The SMILES string of the molecule is CCc1ccc(OCC(=O)N/N=C\c2c(OC)ccc3ccccc23)cc1. The number of nitrogens with one attached hydrogen (secondary N) is 1. The Hall–Kier alpha value is -3.34. The largest absolute Gasteiger partial charge is 0.496 e. The molecule has 0 aromatic heterocycles. The molecule has 0 aliphatic carbocycles. The van der Waals surface area contributed by atoms with Gasteiger partial charge in [-0.15, -0.1) is 0 Å². The number of benzene rings is 3. The van der Waals surface area contributed by atoms with Crippen LogP contribution in [0.15, 0.2) is 65.8 Å². The number of hydrazone groups is 1. The maximum Gasteiger partial charge on any atom is 0.277 e. The zero-order valence-electron chi connectivity index (χ0n) is 15.4. The van der Waals surface area contributed by atoms with E-state index in [4.69, 9.17) is 9.47 Å². The number of aryl methyl sites for hydroxylation is 1. The Morgan fingerprint density at radius 3 is 2.59 bits per heavy atom. The van der Waals surface area contributed by atoms with Gasteiger partial charge in [0.25, 0.3) is 5.91 Å². The average Bonchev–Trinajstić information content (AvgIpc) is 2.72. The molecular weight excluding hydrogens is 340 g/mol. The van der Waals surface area contributed by atoms with Crippen molar-refractivity contribution in [1.82, 2.24) is 5.43 Å². The first-order chi connectivity index (χ1) is 13.2. The van der Waals surface area contributed by atoms with E-state index in [1.807, 2.05) is 60.7 Å². The molecule has 0 saturated carbocycles. The summed E-state index contributed by atoms with van der Waals surface area (Å²) in [7, 11) is 1.61. The van der Waals surface area contributed by atoms with Crippen molar-refractivity contribution >= 4 is 22.9 Å². The summed E-state index contributed by atoms with van der Waals surface area (Å²) in [6, 6.07) is 19.5. The van der Waals surface area contributed by atoms with Gasteiger partial charge < -0.3 is 9.47 Å². The summed E-state index contributed by atoms with van der Waals surface area (Å²) in [4.78, 5) is 12.0. The predicted molar refractivity (Wildman–Crippen MR) is 108 cm³/mol. The molecule has 3 aromatic rings. The van der Waals surface area contributed by atoms with Crippen LogP contribution in [0.1, 0.15) is 18.1 Å². The van der Waals surface area contributed by atoms with Crippen LogP contribution in [0.25, 0.3) is 10.8 Å². The quantitative estimate of drug-likeness (QED) is 0.512. The minimum atomic E-state index is -0.329. The number of rotatable bonds is 7. The van der Waals surface area contributed by atoms with Crippen molar-refractivity contribution in [3.63, 3.8) is 0 Å². The van der Waals surface area contributed by atoms with Gasteiger partial charge >= 0.3 is 0 Å². The Bertz CT molecular complexity index is 949. The van der Waals surface area contributed by atoms with E-state index in [-0.39, 0.29) is 12.5 Å². The van der Waals surface area contributed by atoms with Crippen LogP contribution in [0.3, 0.4) is 0 Å². The van der Waals surface area contributed by atoms with Crippen molar-refractivity contribution in [2.24, 2.45) is 5.10 Å². The molecule has 0 saturated heterocycles. The Morgan fingerprint density at radius 1 is 1.07 bits per heavy atom. The fourth-order valence-corrected chi connectivity index (χ4v) is 2.76. The van der Waals surface area contributed by atoms with E-state index in [1.165, 1.54) is 5.56 Å². The monoisotopic (exact) mass is 362 g/mol. The van der Waals surface area contributed by atoms with Crippen LogP contribution in [-0.4, -0.2) is 25.8 Å². The molecule has 27 heavy (non-hydrogen) atoms. The highest BCUT2D eigenvalue weighted by Gasteiger charge is 2.06. The van der Waals surface area contributed by atoms with Gasteiger partial charge in [-0.25, -0.2) is 5.43 Å². The van der Waals surface area contributed by atoms with E-state index in [1.54, 1.807) is 13.3 Å². The van der Waals surface area contributed by atoms with Gasteiger partial charge in [0.05, 0.1) is 13.3 Å². The van der Waals surface area contributed by atoms with Gasteiger partial charge in [0.2, 0.25) is 0 Å². The summed E-state index contributed by atoms with van der Waals surface area (Å²) in [5.74, 6) is 1.02. The molecule has 1 amide bonds. The van der Waals surface area contributed by atoms with Crippen molar-refractivity contribution in [1.29, 1.82) is 0 Å². The molecule has 5 heteroatoms. The van der Waals surface area contributed by atoms with Gasteiger partial charge in [-0.1, -0.05) is 49.4 Å². The Balaban J connectivity index is 1.63. The molecule has 0 heterocycles. The standard InChI is InChI=1S/C22H22N2O3/c1-3-16-8-11-18(12-9-16)27-15-22(25)24-23-14-20-19-7-5-4-6-17(19)10-13-21(20)26-2/h4-14H,3,15H2,1-2H3,(H,24,25)/b23-14-. The van der Waals surface area contributed by atoms with Gasteiger partial charge in [0.1, 0.15) is 11.5 Å². The third-order valence-corrected chi connectivity index (χ3v) is 4.24. The van der Waals surface area contributed by atoms with E-state index >= 15 is 0 Å². The lowest BCUT2D eigenvalue weighted by Gasteiger charge is -2.08. The minimum absolute atomic E-state index is 0.102. The van der Waals surface area contributed by atoms with Crippen molar-refractivity contribution in [2.45, 2.75) is 13.3 Å². The number of nitrogens with zero attached hydrogens (tertiary/aromatic N) is 1. The van der Waals surface area contributed by atoms with Crippen LogP contribution >= 0.6 is 0 Å². The molecule has 0 bridgehead atoms. The lowest BCUT2D eigenvalue weighted by molar-refractivity contribution is -0.123. The molecule has 0 spiro atoms.